The maximum Gasteiger partial charge on any atom is 0.255 e. The Morgan fingerprint density at radius 1 is 1.11 bits per heavy atom. The van der Waals surface area contributed by atoms with Crippen LogP contribution in [0.25, 0.3) is 11.3 Å². The summed E-state index contributed by atoms with van der Waals surface area (Å²) in [4.78, 5) is 23.6. The van der Waals surface area contributed by atoms with Crippen LogP contribution in [0.1, 0.15) is 18.6 Å². The minimum atomic E-state index is -0.0817. The van der Waals surface area contributed by atoms with Crippen molar-refractivity contribution >= 4 is 5.95 Å². The SMILES string of the molecule is C[C@@H]1CO[C@@H](c2ccccc2)CN1c1nc(-c2ccncc2)cc(=O)n1C. The molecule has 1 fully saturated rings. The first-order valence-corrected chi connectivity index (χ1v) is 9.05. The largest absolute Gasteiger partial charge is 0.370 e. The molecule has 0 spiro atoms. The molecule has 2 atom stereocenters. The van der Waals surface area contributed by atoms with Gasteiger partial charge in [-0.25, -0.2) is 4.98 Å². The molecule has 6 heteroatoms. The van der Waals surface area contributed by atoms with Crippen molar-refractivity contribution in [1.82, 2.24) is 14.5 Å². The van der Waals surface area contributed by atoms with Gasteiger partial charge in [-0.1, -0.05) is 30.3 Å². The summed E-state index contributed by atoms with van der Waals surface area (Å²) in [5.74, 6) is 0.658. The van der Waals surface area contributed by atoms with Gasteiger partial charge in [0.1, 0.15) is 6.10 Å². The van der Waals surface area contributed by atoms with E-state index in [1.54, 1.807) is 30.1 Å². The minimum absolute atomic E-state index is 0.0520. The highest BCUT2D eigenvalue weighted by Gasteiger charge is 2.29. The van der Waals surface area contributed by atoms with Crippen LogP contribution >= 0.6 is 0 Å². The number of morpholine rings is 1. The molecule has 6 nitrogen and oxygen atoms in total. The first-order valence-electron chi connectivity index (χ1n) is 9.05. The summed E-state index contributed by atoms with van der Waals surface area (Å²) in [7, 11) is 1.76. The number of nitrogens with zero attached hydrogens (tertiary/aromatic N) is 4. The Balaban J connectivity index is 1.72. The first-order chi connectivity index (χ1) is 13.1. The molecule has 0 saturated carbocycles. The van der Waals surface area contributed by atoms with Crippen molar-refractivity contribution in [2.45, 2.75) is 19.1 Å². The first kappa shape index (κ1) is 17.4. The topological polar surface area (TPSA) is 60.2 Å². The second-order valence-electron chi connectivity index (χ2n) is 6.81. The summed E-state index contributed by atoms with van der Waals surface area (Å²) >= 11 is 0. The number of aromatic nitrogens is 3. The van der Waals surface area contributed by atoms with Crippen molar-refractivity contribution in [2.75, 3.05) is 18.1 Å². The Labute approximate surface area is 158 Å². The fraction of sp³-hybridized carbons (Fsp3) is 0.286. The Morgan fingerprint density at radius 2 is 1.85 bits per heavy atom. The molecular weight excluding hydrogens is 340 g/mol. The number of rotatable bonds is 3. The van der Waals surface area contributed by atoms with Crippen molar-refractivity contribution in [3.8, 4) is 11.3 Å². The molecule has 3 heterocycles. The van der Waals surface area contributed by atoms with E-state index in [4.69, 9.17) is 9.72 Å². The van der Waals surface area contributed by atoms with Crippen LogP contribution in [0.3, 0.4) is 0 Å². The number of anilines is 1. The van der Waals surface area contributed by atoms with Crippen molar-refractivity contribution in [2.24, 2.45) is 7.05 Å². The molecule has 1 aliphatic heterocycles. The number of pyridine rings is 1. The lowest BCUT2D eigenvalue weighted by Crippen LogP contribution is -2.47. The number of benzene rings is 1. The minimum Gasteiger partial charge on any atom is -0.370 e. The molecule has 0 unspecified atom stereocenters. The number of hydrogen-bond acceptors (Lipinski definition) is 5. The van der Waals surface area contributed by atoms with Crippen molar-refractivity contribution in [3.63, 3.8) is 0 Å². The molecular formula is C21H22N4O2. The van der Waals surface area contributed by atoms with Gasteiger partial charge in [0.2, 0.25) is 5.95 Å². The summed E-state index contributed by atoms with van der Waals surface area (Å²) in [6, 6.07) is 15.6. The molecule has 1 aromatic carbocycles. The zero-order valence-corrected chi connectivity index (χ0v) is 15.4. The summed E-state index contributed by atoms with van der Waals surface area (Å²) in [5.41, 5.74) is 2.58. The average molecular weight is 362 g/mol. The van der Waals surface area contributed by atoms with Gasteiger partial charge in [-0.05, 0) is 24.6 Å². The predicted molar refractivity (Wildman–Crippen MR) is 105 cm³/mol. The van der Waals surface area contributed by atoms with E-state index >= 15 is 0 Å². The third-order valence-electron chi connectivity index (χ3n) is 4.95. The summed E-state index contributed by atoms with van der Waals surface area (Å²) in [5, 5.41) is 0. The molecule has 27 heavy (non-hydrogen) atoms. The van der Waals surface area contributed by atoms with Gasteiger partial charge < -0.3 is 9.64 Å². The maximum atomic E-state index is 12.6. The standard InChI is InChI=1S/C21H22N4O2/c1-15-14-27-19(17-6-4-3-5-7-17)13-25(15)21-23-18(12-20(26)24(21)2)16-8-10-22-11-9-16/h3-12,15,19H,13-14H2,1-2H3/t15-,19-/m1/s1. The zero-order valence-electron chi connectivity index (χ0n) is 15.4. The maximum absolute atomic E-state index is 12.6. The summed E-state index contributed by atoms with van der Waals surface area (Å²) < 4.78 is 7.65. The van der Waals surface area contributed by atoms with Gasteiger partial charge in [0.05, 0.1) is 24.9 Å². The van der Waals surface area contributed by atoms with Gasteiger partial charge in [-0.3, -0.25) is 14.3 Å². The van der Waals surface area contributed by atoms with E-state index in [1.807, 2.05) is 30.3 Å². The van der Waals surface area contributed by atoms with Crippen molar-refractivity contribution < 1.29 is 4.74 Å². The molecule has 2 aromatic heterocycles. The van der Waals surface area contributed by atoms with Crippen LogP contribution in [0.15, 0.2) is 65.7 Å². The highest BCUT2D eigenvalue weighted by atomic mass is 16.5. The molecule has 0 amide bonds. The van der Waals surface area contributed by atoms with E-state index < -0.39 is 0 Å². The van der Waals surface area contributed by atoms with E-state index in [0.29, 0.717) is 24.8 Å². The summed E-state index contributed by atoms with van der Waals surface area (Å²) in [6.45, 7) is 3.31. The van der Waals surface area contributed by atoms with Gasteiger partial charge >= 0.3 is 0 Å². The number of ether oxygens (including phenoxy) is 1. The van der Waals surface area contributed by atoms with E-state index in [0.717, 1.165) is 11.1 Å². The molecule has 0 aliphatic carbocycles. The second-order valence-corrected chi connectivity index (χ2v) is 6.81. The molecule has 0 bridgehead atoms. The van der Waals surface area contributed by atoms with Crippen LogP contribution in [0.4, 0.5) is 5.95 Å². The summed E-state index contributed by atoms with van der Waals surface area (Å²) in [6.07, 6.45) is 3.36. The fourth-order valence-electron chi connectivity index (χ4n) is 3.36. The molecule has 1 saturated heterocycles. The van der Waals surface area contributed by atoms with E-state index in [2.05, 4.69) is 28.9 Å². The molecule has 0 N–H and O–H groups in total. The lowest BCUT2D eigenvalue weighted by atomic mass is 10.1. The third kappa shape index (κ3) is 3.48. The lowest BCUT2D eigenvalue weighted by Gasteiger charge is -2.39. The van der Waals surface area contributed by atoms with Gasteiger partial charge in [0.15, 0.2) is 0 Å². The lowest BCUT2D eigenvalue weighted by molar-refractivity contribution is 0.0206. The van der Waals surface area contributed by atoms with Gasteiger partial charge in [0, 0.05) is 31.1 Å². The monoisotopic (exact) mass is 362 g/mol. The molecule has 4 rings (SSSR count). The molecule has 0 radical (unpaired) electrons. The Bertz CT molecular complexity index is 972. The van der Waals surface area contributed by atoms with Crippen LogP contribution < -0.4 is 10.5 Å². The third-order valence-corrected chi connectivity index (χ3v) is 4.95. The van der Waals surface area contributed by atoms with Gasteiger partial charge in [-0.2, -0.15) is 0 Å². The van der Waals surface area contributed by atoms with E-state index in [9.17, 15) is 4.79 Å². The normalized spacial score (nSPS) is 19.9. The smallest absolute Gasteiger partial charge is 0.255 e. The van der Waals surface area contributed by atoms with Crippen LogP contribution in [-0.4, -0.2) is 33.7 Å². The van der Waals surface area contributed by atoms with Crippen molar-refractivity contribution in [1.29, 1.82) is 0 Å². The number of hydrogen-bond donors (Lipinski definition) is 0. The van der Waals surface area contributed by atoms with Gasteiger partial charge in [-0.15, -0.1) is 0 Å². The molecule has 1 aliphatic rings. The van der Waals surface area contributed by atoms with Crippen LogP contribution in [-0.2, 0) is 11.8 Å². The molecule has 3 aromatic rings. The van der Waals surface area contributed by atoms with E-state index in [-0.39, 0.29) is 17.7 Å². The van der Waals surface area contributed by atoms with E-state index in [1.165, 1.54) is 0 Å². The second kappa shape index (κ2) is 7.32. The van der Waals surface area contributed by atoms with Crippen LogP contribution in [0, 0.1) is 0 Å². The van der Waals surface area contributed by atoms with Crippen LogP contribution in [0.2, 0.25) is 0 Å². The average Bonchev–Trinajstić information content (AvgIpc) is 2.72. The van der Waals surface area contributed by atoms with Gasteiger partial charge in [0.25, 0.3) is 5.56 Å². The van der Waals surface area contributed by atoms with Crippen molar-refractivity contribution in [3.05, 3.63) is 76.8 Å². The Hall–Kier alpha value is -2.99. The zero-order chi connectivity index (χ0) is 18.8. The Morgan fingerprint density at radius 3 is 2.59 bits per heavy atom. The Kier molecular flexibility index (Phi) is 4.73. The fourth-order valence-corrected chi connectivity index (χ4v) is 3.36. The molecule has 138 valence electrons. The highest BCUT2D eigenvalue weighted by molar-refractivity contribution is 5.59. The predicted octanol–water partition coefficient (Wildman–Crippen LogP) is 2.81. The highest BCUT2D eigenvalue weighted by Crippen LogP contribution is 2.28. The quantitative estimate of drug-likeness (QED) is 0.717. The van der Waals surface area contributed by atoms with Crippen LogP contribution in [0.5, 0.6) is 0 Å².